The molecular formula is C11H15NO3. The van der Waals surface area contributed by atoms with Crippen LogP contribution in [0.15, 0.2) is 24.3 Å². The fourth-order valence-electron chi connectivity index (χ4n) is 1.40. The molecule has 0 heterocycles. The fraction of sp³-hybridized carbons (Fsp3) is 0.364. The van der Waals surface area contributed by atoms with Gasteiger partial charge in [0.1, 0.15) is 11.3 Å². The van der Waals surface area contributed by atoms with E-state index in [9.17, 15) is 9.90 Å². The van der Waals surface area contributed by atoms with Crippen LogP contribution in [0.1, 0.15) is 12.5 Å². The third kappa shape index (κ3) is 2.95. The average Bonchev–Trinajstić information content (AvgIpc) is 2.15. The van der Waals surface area contributed by atoms with Crippen molar-refractivity contribution in [1.82, 2.24) is 0 Å². The summed E-state index contributed by atoms with van der Waals surface area (Å²) in [5, 5.41) is 9.25. The van der Waals surface area contributed by atoms with Crippen molar-refractivity contribution in [1.29, 1.82) is 0 Å². The van der Waals surface area contributed by atoms with E-state index in [1.807, 2.05) is 0 Å². The van der Waals surface area contributed by atoms with Gasteiger partial charge in [-0.05, 0) is 24.6 Å². The van der Waals surface area contributed by atoms with Gasteiger partial charge in [-0.3, -0.25) is 4.79 Å². The van der Waals surface area contributed by atoms with E-state index in [0.717, 1.165) is 5.56 Å². The summed E-state index contributed by atoms with van der Waals surface area (Å²) in [7, 11) is 1.30. The predicted octanol–water partition coefficient (Wildman–Crippen LogP) is 0.825. The Hall–Kier alpha value is -1.55. The summed E-state index contributed by atoms with van der Waals surface area (Å²) in [6.07, 6.45) is 0.327. The minimum absolute atomic E-state index is 0.160. The molecule has 0 aromatic heterocycles. The highest BCUT2D eigenvalue weighted by atomic mass is 16.5. The number of methoxy groups -OCH3 is 1. The Bertz CT molecular complexity index is 361. The van der Waals surface area contributed by atoms with Crippen molar-refractivity contribution in [3.05, 3.63) is 29.8 Å². The van der Waals surface area contributed by atoms with E-state index in [-0.39, 0.29) is 5.75 Å². The molecule has 1 aromatic rings. The molecule has 1 aromatic carbocycles. The van der Waals surface area contributed by atoms with Crippen molar-refractivity contribution in [3.8, 4) is 5.75 Å². The lowest BCUT2D eigenvalue weighted by Gasteiger charge is -2.21. The van der Waals surface area contributed by atoms with Gasteiger partial charge in [-0.15, -0.1) is 0 Å². The molecule has 3 N–H and O–H groups in total. The normalized spacial score (nSPS) is 14.3. The maximum Gasteiger partial charge on any atom is 0.325 e. The molecule has 4 heteroatoms. The third-order valence-electron chi connectivity index (χ3n) is 2.13. The van der Waals surface area contributed by atoms with Crippen molar-refractivity contribution in [2.24, 2.45) is 5.73 Å². The summed E-state index contributed by atoms with van der Waals surface area (Å²) >= 11 is 0. The summed E-state index contributed by atoms with van der Waals surface area (Å²) in [4.78, 5) is 11.3. The Kier molecular flexibility index (Phi) is 3.31. The summed E-state index contributed by atoms with van der Waals surface area (Å²) in [5.41, 5.74) is 5.53. The zero-order valence-corrected chi connectivity index (χ0v) is 8.86. The number of hydrogen-bond acceptors (Lipinski definition) is 4. The lowest BCUT2D eigenvalue weighted by atomic mass is 9.94. The molecule has 0 bridgehead atoms. The Morgan fingerprint density at radius 2 is 2.27 bits per heavy atom. The Morgan fingerprint density at radius 1 is 1.60 bits per heavy atom. The number of carbonyl (C=O) groups excluding carboxylic acids is 1. The Labute approximate surface area is 88.7 Å². The number of benzene rings is 1. The zero-order chi connectivity index (χ0) is 11.5. The summed E-state index contributed by atoms with van der Waals surface area (Å²) in [6.45, 7) is 1.60. The number of ether oxygens (including phenoxy) is 1. The van der Waals surface area contributed by atoms with Crippen molar-refractivity contribution in [2.45, 2.75) is 18.9 Å². The maximum absolute atomic E-state index is 11.3. The average molecular weight is 209 g/mol. The molecule has 0 fully saturated rings. The molecule has 4 nitrogen and oxygen atoms in total. The van der Waals surface area contributed by atoms with Gasteiger partial charge in [-0.25, -0.2) is 0 Å². The minimum atomic E-state index is -1.07. The highest BCUT2D eigenvalue weighted by Gasteiger charge is 2.29. The van der Waals surface area contributed by atoms with E-state index < -0.39 is 11.5 Å². The lowest BCUT2D eigenvalue weighted by Crippen LogP contribution is -2.47. The van der Waals surface area contributed by atoms with E-state index in [1.165, 1.54) is 7.11 Å². The molecule has 0 radical (unpaired) electrons. The molecule has 0 unspecified atom stereocenters. The van der Waals surface area contributed by atoms with E-state index in [4.69, 9.17) is 5.73 Å². The summed E-state index contributed by atoms with van der Waals surface area (Å²) < 4.78 is 4.59. The van der Waals surface area contributed by atoms with Crippen LogP contribution >= 0.6 is 0 Å². The van der Waals surface area contributed by atoms with E-state index in [1.54, 1.807) is 31.2 Å². The topological polar surface area (TPSA) is 72.5 Å². The molecular weight excluding hydrogens is 194 g/mol. The standard InChI is InChI=1S/C11H15NO3/c1-11(12,10(14)15-2)7-8-4-3-5-9(13)6-8/h3-6,13H,7,12H2,1-2H3/t11-/m0/s1. The van der Waals surface area contributed by atoms with Gasteiger partial charge >= 0.3 is 5.97 Å². The Morgan fingerprint density at radius 3 is 2.80 bits per heavy atom. The van der Waals surface area contributed by atoms with Gasteiger partial charge in [-0.1, -0.05) is 12.1 Å². The molecule has 82 valence electrons. The number of carbonyl (C=O) groups is 1. The molecule has 1 rings (SSSR count). The number of rotatable bonds is 3. The van der Waals surface area contributed by atoms with Gasteiger partial charge in [0, 0.05) is 6.42 Å². The number of phenolic OH excluding ortho intramolecular Hbond substituents is 1. The van der Waals surface area contributed by atoms with Crippen LogP contribution in [-0.2, 0) is 16.0 Å². The van der Waals surface area contributed by atoms with Crippen LogP contribution in [0, 0.1) is 0 Å². The van der Waals surface area contributed by atoms with E-state index >= 15 is 0 Å². The van der Waals surface area contributed by atoms with Gasteiger partial charge in [-0.2, -0.15) is 0 Å². The third-order valence-corrected chi connectivity index (χ3v) is 2.13. The Balaban J connectivity index is 2.81. The first-order chi connectivity index (χ1) is 6.95. The summed E-state index contributed by atoms with van der Waals surface area (Å²) in [6, 6.07) is 6.65. The van der Waals surface area contributed by atoms with Crippen LogP contribution in [0.5, 0.6) is 5.75 Å². The first-order valence-electron chi connectivity index (χ1n) is 4.61. The number of phenols is 1. The van der Waals surface area contributed by atoms with Gasteiger partial charge in [0.15, 0.2) is 0 Å². The first-order valence-corrected chi connectivity index (χ1v) is 4.61. The van der Waals surface area contributed by atoms with Crippen molar-refractivity contribution >= 4 is 5.97 Å². The SMILES string of the molecule is COC(=O)[C@@](C)(N)Cc1cccc(O)c1. The number of hydrogen-bond donors (Lipinski definition) is 2. The molecule has 0 spiro atoms. The van der Waals surface area contributed by atoms with Crippen LogP contribution in [0.25, 0.3) is 0 Å². The minimum Gasteiger partial charge on any atom is -0.508 e. The molecule has 0 aliphatic heterocycles. The second kappa shape index (κ2) is 4.31. The van der Waals surface area contributed by atoms with Crippen molar-refractivity contribution in [2.75, 3.05) is 7.11 Å². The van der Waals surface area contributed by atoms with Gasteiger partial charge < -0.3 is 15.6 Å². The van der Waals surface area contributed by atoms with Crippen LogP contribution in [-0.4, -0.2) is 23.7 Å². The van der Waals surface area contributed by atoms with E-state index in [2.05, 4.69) is 4.74 Å². The first kappa shape index (κ1) is 11.5. The van der Waals surface area contributed by atoms with Crippen LogP contribution < -0.4 is 5.73 Å². The molecule has 0 saturated carbocycles. The monoisotopic (exact) mass is 209 g/mol. The van der Waals surface area contributed by atoms with Gasteiger partial charge in [0.2, 0.25) is 0 Å². The number of esters is 1. The maximum atomic E-state index is 11.3. The highest BCUT2D eigenvalue weighted by Crippen LogP contribution is 2.16. The quantitative estimate of drug-likeness (QED) is 0.723. The lowest BCUT2D eigenvalue weighted by molar-refractivity contribution is -0.146. The molecule has 0 aliphatic rings. The number of aromatic hydroxyl groups is 1. The summed E-state index contributed by atoms with van der Waals surface area (Å²) in [5.74, 6) is -0.306. The van der Waals surface area contributed by atoms with E-state index in [0.29, 0.717) is 6.42 Å². The second-order valence-electron chi connectivity index (χ2n) is 3.76. The number of nitrogens with two attached hydrogens (primary N) is 1. The van der Waals surface area contributed by atoms with Gasteiger partial charge in [0.05, 0.1) is 7.11 Å². The van der Waals surface area contributed by atoms with Crippen LogP contribution in [0.3, 0.4) is 0 Å². The molecule has 15 heavy (non-hydrogen) atoms. The van der Waals surface area contributed by atoms with Crippen molar-refractivity contribution in [3.63, 3.8) is 0 Å². The largest absolute Gasteiger partial charge is 0.508 e. The van der Waals surface area contributed by atoms with Gasteiger partial charge in [0.25, 0.3) is 0 Å². The highest BCUT2D eigenvalue weighted by molar-refractivity contribution is 5.80. The zero-order valence-electron chi connectivity index (χ0n) is 8.86. The fourth-order valence-corrected chi connectivity index (χ4v) is 1.40. The molecule has 0 amide bonds. The predicted molar refractivity (Wildman–Crippen MR) is 56.4 cm³/mol. The van der Waals surface area contributed by atoms with Crippen molar-refractivity contribution < 1.29 is 14.6 Å². The molecule has 0 saturated heterocycles. The van der Waals surface area contributed by atoms with Crippen LogP contribution in [0.4, 0.5) is 0 Å². The molecule has 1 atom stereocenters. The second-order valence-corrected chi connectivity index (χ2v) is 3.76. The molecule has 0 aliphatic carbocycles. The smallest absolute Gasteiger partial charge is 0.325 e. The van der Waals surface area contributed by atoms with Crippen LogP contribution in [0.2, 0.25) is 0 Å².